The first kappa shape index (κ1) is 25.3. The lowest BCUT2D eigenvalue weighted by Crippen LogP contribution is -2.05. The highest BCUT2D eigenvalue weighted by atomic mass is 32.1. The third-order valence-corrected chi connectivity index (χ3v) is 6.05. The molecule has 0 heterocycles. The van der Waals surface area contributed by atoms with Crippen LogP contribution in [0.5, 0.6) is 0 Å². The molecule has 28 heavy (non-hydrogen) atoms. The first-order valence-electron chi connectivity index (χ1n) is 12.0. The van der Waals surface area contributed by atoms with Crippen molar-refractivity contribution < 1.29 is 4.79 Å². The van der Waals surface area contributed by atoms with Crippen molar-refractivity contribution in [2.24, 2.45) is 0 Å². The number of rotatable bonds is 19. The van der Waals surface area contributed by atoms with Gasteiger partial charge in [0.25, 0.3) is 0 Å². The second kappa shape index (κ2) is 18.3. The van der Waals surface area contributed by atoms with Gasteiger partial charge in [-0.15, -0.1) is 0 Å². The normalized spacial score (nSPS) is 11.1. The van der Waals surface area contributed by atoms with E-state index in [1.165, 1.54) is 108 Å². The van der Waals surface area contributed by atoms with E-state index in [-0.39, 0.29) is 5.78 Å². The van der Waals surface area contributed by atoms with E-state index in [9.17, 15) is 4.79 Å². The Kier molecular flexibility index (Phi) is 16.5. The summed E-state index contributed by atoms with van der Waals surface area (Å²) in [5.41, 5.74) is 2.07. The Morgan fingerprint density at radius 3 is 1.57 bits per heavy atom. The number of hydrogen-bond acceptors (Lipinski definition) is 2. The van der Waals surface area contributed by atoms with Crippen molar-refractivity contribution in [3.63, 3.8) is 0 Å². The molecule has 0 aliphatic carbocycles. The van der Waals surface area contributed by atoms with Crippen LogP contribution in [0.2, 0.25) is 0 Å². The van der Waals surface area contributed by atoms with Gasteiger partial charge in [0.2, 0.25) is 0 Å². The van der Waals surface area contributed by atoms with E-state index in [1.807, 2.05) is 18.2 Å². The molecule has 0 saturated heterocycles. The number of carbonyl (C=O) groups excluding carboxylic acids is 1. The summed E-state index contributed by atoms with van der Waals surface area (Å²) < 4.78 is 0. The van der Waals surface area contributed by atoms with Crippen molar-refractivity contribution in [2.75, 3.05) is 5.75 Å². The largest absolute Gasteiger partial charge is 0.293 e. The highest BCUT2D eigenvalue weighted by Gasteiger charge is 2.08. The molecule has 0 spiro atoms. The molecular formula is C26H44OS. The lowest BCUT2D eigenvalue weighted by Gasteiger charge is -2.07. The summed E-state index contributed by atoms with van der Waals surface area (Å²) in [4.78, 5) is 11.9. The van der Waals surface area contributed by atoms with Crippen molar-refractivity contribution >= 4 is 18.4 Å². The first-order valence-corrected chi connectivity index (χ1v) is 12.6. The summed E-state index contributed by atoms with van der Waals surface area (Å²) in [6.45, 7) is 2.29. The van der Waals surface area contributed by atoms with Gasteiger partial charge in [-0.1, -0.05) is 128 Å². The van der Waals surface area contributed by atoms with E-state index in [1.54, 1.807) is 0 Å². The summed E-state index contributed by atoms with van der Waals surface area (Å²) in [5.74, 6) is 0.450. The highest BCUT2D eigenvalue weighted by molar-refractivity contribution is 7.81. The van der Waals surface area contributed by atoms with Crippen LogP contribution in [0.4, 0.5) is 0 Å². The molecule has 1 rings (SSSR count). The molecule has 0 aliphatic heterocycles. The summed E-state index contributed by atoms with van der Waals surface area (Å²) in [5, 5.41) is 0. The fourth-order valence-corrected chi connectivity index (χ4v) is 4.13. The molecule has 0 unspecified atom stereocenters. The SMILES string of the molecule is CCCCCCCCCCCCCCCCCCc1ccccc1C(=O)CS. The van der Waals surface area contributed by atoms with Crippen molar-refractivity contribution in [1.82, 2.24) is 0 Å². The van der Waals surface area contributed by atoms with Gasteiger partial charge < -0.3 is 0 Å². The van der Waals surface area contributed by atoms with E-state index < -0.39 is 0 Å². The van der Waals surface area contributed by atoms with Crippen LogP contribution in [-0.2, 0) is 6.42 Å². The fourth-order valence-electron chi connectivity index (χ4n) is 3.96. The fraction of sp³-hybridized carbons (Fsp3) is 0.731. The van der Waals surface area contributed by atoms with Gasteiger partial charge in [-0.3, -0.25) is 4.79 Å². The molecule has 0 N–H and O–H groups in total. The Morgan fingerprint density at radius 2 is 1.11 bits per heavy atom. The third-order valence-electron chi connectivity index (χ3n) is 5.76. The molecule has 0 saturated carbocycles. The molecular weight excluding hydrogens is 360 g/mol. The van der Waals surface area contributed by atoms with Gasteiger partial charge in [-0.05, 0) is 18.4 Å². The quantitative estimate of drug-likeness (QED) is 0.139. The van der Waals surface area contributed by atoms with Crippen LogP contribution in [0.15, 0.2) is 24.3 Å². The number of aryl methyl sites for hydroxylation is 1. The second-order valence-corrected chi connectivity index (χ2v) is 8.61. The van der Waals surface area contributed by atoms with Gasteiger partial charge >= 0.3 is 0 Å². The van der Waals surface area contributed by atoms with Crippen molar-refractivity contribution in [3.05, 3.63) is 35.4 Å². The van der Waals surface area contributed by atoms with E-state index >= 15 is 0 Å². The summed E-state index contributed by atoms with van der Waals surface area (Å²) in [6.07, 6.45) is 23.3. The van der Waals surface area contributed by atoms with Gasteiger partial charge in [0, 0.05) is 5.56 Å². The molecule has 1 aromatic carbocycles. The van der Waals surface area contributed by atoms with Crippen LogP contribution in [0.1, 0.15) is 126 Å². The maximum absolute atomic E-state index is 11.9. The number of Topliss-reactive ketones (excluding diaryl/α,β-unsaturated/α-hetero) is 1. The van der Waals surface area contributed by atoms with Crippen molar-refractivity contribution in [1.29, 1.82) is 0 Å². The molecule has 160 valence electrons. The van der Waals surface area contributed by atoms with Crippen LogP contribution < -0.4 is 0 Å². The minimum absolute atomic E-state index is 0.149. The number of unbranched alkanes of at least 4 members (excludes halogenated alkanes) is 15. The van der Waals surface area contributed by atoms with Crippen LogP contribution >= 0.6 is 12.6 Å². The summed E-state index contributed by atoms with van der Waals surface area (Å²) in [7, 11) is 0. The zero-order valence-corrected chi connectivity index (χ0v) is 19.3. The molecule has 0 aliphatic rings. The third kappa shape index (κ3) is 12.6. The molecule has 1 aromatic rings. The topological polar surface area (TPSA) is 17.1 Å². The standard InChI is InChI=1S/C26H44OS/c1-2-3-4-5-6-7-8-9-10-11-12-13-14-15-16-17-20-24-21-18-19-22-25(24)26(27)23-28/h18-19,21-22,28H,2-17,20,23H2,1H3. The lowest BCUT2D eigenvalue weighted by molar-refractivity contribution is 0.102. The minimum atomic E-state index is 0.149. The zero-order valence-electron chi connectivity index (χ0n) is 18.4. The predicted octanol–water partition coefficient (Wildman–Crippen LogP) is 8.60. The maximum Gasteiger partial charge on any atom is 0.172 e. The lowest BCUT2D eigenvalue weighted by atomic mass is 9.98. The van der Waals surface area contributed by atoms with Crippen LogP contribution in [-0.4, -0.2) is 11.5 Å². The Bertz CT molecular complexity index is 497. The number of carbonyl (C=O) groups is 1. The van der Waals surface area contributed by atoms with Crippen LogP contribution in [0, 0.1) is 0 Å². The molecule has 0 radical (unpaired) electrons. The Morgan fingerprint density at radius 1 is 0.679 bits per heavy atom. The minimum Gasteiger partial charge on any atom is -0.293 e. The molecule has 0 aromatic heterocycles. The molecule has 0 bridgehead atoms. The molecule has 0 atom stereocenters. The second-order valence-electron chi connectivity index (χ2n) is 8.29. The van der Waals surface area contributed by atoms with E-state index in [0.29, 0.717) is 5.75 Å². The molecule has 2 heteroatoms. The molecule has 0 amide bonds. The van der Waals surface area contributed by atoms with Crippen molar-refractivity contribution in [3.8, 4) is 0 Å². The molecule has 0 fully saturated rings. The Labute approximate surface area is 180 Å². The van der Waals surface area contributed by atoms with Gasteiger partial charge in [0.1, 0.15) is 0 Å². The zero-order chi connectivity index (χ0) is 20.3. The summed E-state index contributed by atoms with van der Waals surface area (Å²) >= 11 is 4.13. The Balaban J connectivity index is 1.89. The van der Waals surface area contributed by atoms with E-state index in [2.05, 4.69) is 25.6 Å². The van der Waals surface area contributed by atoms with Crippen LogP contribution in [0.25, 0.3) is 0 Å². The number of thiol groups is 1. The number of ketones is 1. The first-order chi connectivity index (χ1) is 13.8. The van der Waals surface area contributed by atoms with Gasteiger partial charge in [0.05, 0.1) is 5.75 Å². The smallest absolute Gasteiger partial charge is 0.172 e. The van der Waals surface area contributed by atoms with Gasteiger partial charge in [-0.2, -0.15) is 12.6 Å². The average Bonchev–Trinajstić information content (AvgIpc) is 2.73. The van der Waals surface area contributed by atoms with Gasteiger partial charge in [-0.25, -0.2) is 0 Å². The summed E-state index contributed by atoms with van der Waals surface area (Å²) in [6, 6.07) is 8.03. The monoisotopic (exact) mass is 404 g/mol. The highest BCUT2D eigenvalue weighted by Crippen LogP contribution is 2.16. The molecule has 1 nitrogen and oxygen atoms in total. The average molecular weight is 405 g/mol. The predicted molar refractivity (Wildman–Crippen MR) is 128 cm³/mol. The van der Waals surface area contributed by atoms with E-state index in [4.69, 9.17) is 0 Å². The Hall–Kier alpha value is -0.760. The number of hydrogen-bond donors (Lipinski definition) is 1. The van der Waals surface area contributed by atoms with Crippen LogP contribution in [0.3, 0.4) is 0 Å². The van der Waals surface area contributed by atoms with E-state index in [0.717, 1.165) is 12.0 Å². The van der Waals surface area contributed by atoms with Crippen molar-refractivity contribution in [2.45, 2.75) is 116 Å². The number of benzene rings is 1. The maximum atomic E-state index is 11.9. The van der Waals surface area contributed by atoms with Gasteiger partial charge in [0.15, 0.2) is 5.78 Å².